The highest BCUT2D eigenvalue weighted by Crippen LogP contribution is 2.23. The van der Waals surface area contributed by atoms with Crippen molar-refractivity contribution in [2.75, 3.05) is 46.0 Å². The largest absolute Gasteiger partial charge is 0.466 e. The summed E-state index contributed by atoms with van der Waals surface area (Å²) in [6.45, 7) is 4.37. The second-order valence-corrected chi connectivity index (χ2v) is 8.80. The average Bonchev–Trinajstić information content (AvgIpc) is 2.74. The van der Waals surface area contributed by atoms with Crippen molar-refractivity contribution in [3.8, 4) is 0 Å². The van der Waals surface area contributed by atoms with Crippen molar-refractivity contribution in [2.45, 2.75) is 24.7 Å². The summed E-state index contributed by atoms with van der Waals surface area (Å²) in [5.74, 6) is -0.619. The van der Waals surface area contributed by atoms with E-state index in [1.54, 1.807) is 24.0 Å². The molecule has 154 valence electrons. The molecule has 2 heterocycles. The summed E-state index contributed by atoms with van der Waals surface area (Å²) >= 11 is 0. The SMILES string of the molecule is CCOC(=O)C1CCN(C(=O)c2cccc(S(=O)(=O)N3CCOCC3)c2)CC1. The van der Waals surface area contributed by atoms with Crippen LogP contribution in [0.2, 0.25) is 0 Å². The van der Waals surface area contributed by atoms with Crippen LogP contribution in [-0.2, 0) is 24.3 Å². The van der Waals surface area contributed by atoms with Crippen LogP contribution in [0, 0.1) is 5.92 Å². The molecule has 3 rings (SSSR count). The maximum absolute atomic E-state index is 12.8. The van der Waals surface area contributed by atoms with Gasteiger partial charge in [-0.1, -0.05) is 6.07 Å². The van der Waals surface area contributed by atoms with Crippen molar-refractivity contribution in [1.29, 1.82) is 0 Å². The zero-order valence-electron chi connectivity index (χ0n) is 16.0. The first kappa shape index (κ1) is 20.8. The van der Waals surface area contributed by atoms with Gasteiger partial charge in [0.1, 0.15) is 0 Å². The third-order valence-corrected chi connectivity index (χ3v) is 6.99. The Morgan fingerprint density at radius 3 is 2.46 bits per heavy atom. The predicted molar refractivity (Wildman–Crippen MR) is 101 cm³/mol. The first-order valence-electron chi connectivity index (χ1n) is 9.57. The molecule has 2 saturated heterocycles. The fourth-order valence-corrected chi connectivity index (χ4v) is 4.94. The molecule has 0 N–H and O–H groups in total. The highest BCUT2D eigenvalue weighted by Gasteiger charge is 2.30. The van der Waals surface area contributed by atoms with E-state index >= 15 is 0 Å². The highest BCUT2D eigenvalue weighted by molar-refractivity contribution is 7.89. The Morgan fingerprint density at radius 2 is 1.82 bits per heavy atom. The van der Waals surface area contributed by atoms with Gasteiger partial charge in [0, 0.05) is 31.7 Å². The van der Waals surface area contributed by atoms with Gasteiger partial charge in [0.2, 0.25) is 10.0 Å². The van der Waals surface area contributed by atoms with E-state index in [1.807, 2.05) is 0 Å². The molecule has 0 unspecified atom stereocenters. The lowest BCUT2D eigenvalue weighted by molar-refractivity contribution is -0.149. The first-order chi connectivity index (χ1) is 13.4. The van der Waals surface area contributed by atoms with Crippen LogP contribution in [0.4, 0.5) is 0 Å². The normalized spacial score (nSPS) is 19.4. The third kappa shape index (κ3) is 4.53. The van der Waals surface area contributed by atoms with E-state index < -0.39 is 10.0 Å². The number of carbonyl (C=O) groups excluding carboxylic acids is 2. The number of nitrogens with zero attached hydrogens (tertiary/aromatic N) is 2. The monoisotopic (exact) mass is 410 g/mol. The molecule has 0 radical (unpaired) electrons. The molecule has 2 aliphatic heterocycles. The zero-order valence-corrected chi connectivity index (χ0v) is 16.8. The molecule has 0 spiro atoms. The maximum atomic E-state index is 12.8. The number of sulfonamides is 1. The van der Waals surface area contributed by atoms with Crippen LogP contribution in [0.3, 0.4) is 0 Å². The van der Waals surface area contributed by atoms with Gasteiger partial charge in [-0.05, 0) is 38.0 Å². The molecule has 1 aromatic carbocycles. The quantitative estimate of drug-likeness (QED) is 0.676. The smallest absolute Gasteiger partial charge is 0.309 e. The summed E-state index contributed by atoms with van der Waals surface area (Å²) in [5, 5.41) is 0. The van der Waals surface area contributed by atoms with Gasteiger partial charge in [-0.15, -0.1) is 0 Å². The molecule has 0 aliphatic carbocycles. The molecular weight excluding hydrogens is 384 g/mol. The average molecular weight is 410 g/mol. The Morgan fingerprint density at radius 1 is 1.14 bits per heavy atom. The van der Waals surface area contributed by atoms with Gasteiger partial charge in [-0.3, -0.25) is 9.59 Å². The standard InChI is InChI=1S/C19H26N2O6S/c1-2-27-19(23)15-6-8-20(9-7-15)18(22)16-4-3-5-17(14-16)28(24,25)21-10-12-26-13-11-21/h3-5,14-15H,2,6-13H2,1H3. The summed E-state index contributed by atoms with van der Waals surface area (Å²) in [7, 11) is -3.65. The highest BCUT2D eigenvalue weighted by atomic mass is 32.2. The topological polar surface area (TPSA) is 93.2 Å². The van der Waals surface area contributed by atoms with Crippen LogP contribution >= 0.6 is 0 Å². The Labute approximate surface area is 165 Å². The van der Waals surface area contributed by atoms with E-state index in [2.05, 4.69) is 0 Å². The van der Waals surface area contributed by atoms with E-state index in [4.69, 9.17) is 9.47 Å². The minimum absolute atomic E-state index is 0.113. The van der Waals surface area contributed by atoms with Gasteiger partial charge < -0.3 is 14.4 Å². The van der Waals surface area contributed by atoms with Crippen LogP contribution in [0.15, 0.2) is 29.2 Å². The molecule has 9 heteroatoms. The third-order valence-electron chi connectivity index (χ3n) is 5.09. The van der Waals surface area contributed by atoms with Gasteiger partial charge in [0.05, 0.1) is 30.6 Å². The van der Waals surface area contributed by atoms with Gasteiger partial charge in [0.15, 0.2) is 0 Å². The van der Waals surface area contributed by atoms with E-state index in [0.29, 0.717) is 64.4 Å². The van der Waals surface area contributed by atoms with Crippen LogP contribution < -0.4 is 0 Å². The molecule has 28 heavy (non-hydrogen) atoms. The van der Waals surface area contributed by atoms with E-state index in [9.17, 15) is 18.0 Å². The van der Waals surface area contributed by atoms with Crippen molar-refractivity contribution >= 4 is 21.9 Å². The lowest BCUT2D eigenvalue weighted by Crippen LogP contribution is -2.41. The number of esters is 1. The molecule has 2 aliphatic rings. The minimum Gasteiger partial charge on any atom is -0.466 e. The predicted octanol–water partition coefficient (Wildman–Crippen LogP) is 1.12. The van der Waals surface area contributed by atoms with E-state index in [0.717, 1.165) is 0 Å². The number of morpholine rings is 1. The van der Waals surface area contributed by atoms with Crippen LogP contribution in [-0.4, -0.2) is 75.5 Å². The van der Waals surface area contributed by atoms with Crippen molar-refractivity contribution in [1.82, 2.24) is 9.21 Å². The van der Waals surface area contributed by atoms with E-state index in [1.165, 1.54) is 16.4 Å². The second-order valence-electron chi connectivity index (χ2n) is 6.86. The minimum atomic E-state index is -3.65. The maximum Gasteiger partial charge on any atom is 0.309 e. The number of amides is 1. The molecule has 0 saturated carbocycles. The number of piperidine rings is 1. The number of ether oxygens (including phenoxy) is 2. The lowest BCUT2D eigenvalue weighted by Gasteiger charge is -2.31. The summed E-state index contributed by atoms with van der Waals surface area (Å²) in [5.41, 5.74) is 0.337. The molecule has 0 atom stereocenters. The number of hydrogen-bond acceptors (Lipinski definition) is 6. The number of benzene rings is 1. The van der Waals surface area contributed by atoms with Crippen molar-refractivity contribution < 1.29 is 27.5 Å². The number of carbonyl (C=O) groups is 2. The molecule has 1 aromatic rings. The number of likely N-dealkylation sites (tertiary alicyclic amines) is 1. The Balaban J connectivity index is 1.68. The fourth-order valence-electron chi connectivity index (χ4n) is 3.49. The summed E-state index contributed by atoms with van der Waals surface area (Å²) in [6, 6.07) is 6.16. The molecule has 8 nitrogen and oxygen atoms in total. The molecular formula is C19H26N2O6S. The first-order valence-corrected chi connectivity index (χ1v) is 11.0. The lowest BCUT2D eigenvalue weighted by atomic mass is 9.96. The Hall–Kier alpha value is -1.97. The van der Waals surface area contributed by atoms with Crippen LogP contribution in [0.1, 0.15) is 30.1 Å². The second kappa shape index (κ2) is 9.02. The molecule has 2 fully saturated rings. The fraction of sp³-hybridized carbons (Fsp3) is 0.579. The van der Waals surface area contributed by atoms with Crippen molar-refractivity contribution in [3.05, 3.63) is 29.8 Å². The number of rotatable bonds is 5. The van der Waals surface area contributed by atoms with E-state index in [-0.39, 0.29) is 22.7 Å². The summed E-state index contributed by atoms with van der Waals surface area (Å²) in [4.78, 5) is 26.5. The van der Waals surface area contributed by atoms with Gasteiger partial charge in [-0.25, -0.2) is 8.42 Å². The summed E-state index contributed by atoms with van der Waals surface area (Å²) < 4.78 is 37.3. The Bertz CT molecular complexity index is 811. The van der Waals surface area contributed by atoms with Gasteiger partial charge in [0.25, 0.3) is 5.91 Å². The molecule has 1 amide bonds. The molecule has 0 aromatic heterocycles. The summed E-state index contributed by atoms with van der Waals surface area (Å²) in [6.07, 6.45) is 1.10. The van der Waals surface area contributed by atoms with Crippen molar-refractivity contribution in [2.24, 2.45) is 5.92 Å². The Kier molecular flexibility index (Phi) is 6.69. The van der Waals surface area contributed by atoms with Crippen LogP contribution in [0.5, 0.6) is 0 Å². The number of hydrogen-bond donors (Lipinski definition) is 0. The van der Waals surface area contributed by atoms with Crippen LogP contribution in [0.25, 0.3) is 0 Å². The zero-order chi connectivity index (χ0) is 20.1. The van der Waals surface area contributed by atoms with Gasteiger partial charge >= 0.3 is 5.97 Å². The molecule has 0 bridgehead atoms. The van der Waals surface area contributed by atoms with Gasteiger partial charge in [-0.2, -0.15) is 4.31 Å². The van der Waals surface area contributed by atoms with Crippen molar-refractivity contribution in [3.63, 3.8) is 0 Å².